The Morgan fingerprint density at radius 2 is 1.83 bits per heavy atom. The van der Waals surface area contributed by atoms with Gasteiger partial charge in [0.25, 0.3) is 0 Å². The molecule has 7 nitrogen and oxygen atoms in total. The number of amides is 1. The standard InChI is InChI=1S/C39H52N2O5/c1-25(2)41(35(44)15-11-6-4-5-8-12-27-13-9-7-10-14-27)31-19-18-30-32-22-29-33(43)23-34(45-26(3)42)37-36(29)39(30,38(31)46-37)20-21-40(32)24-28-16-17-28/h7,9-10,13-14,23,25,28,30-32,38,43H,4-6,8,11-12,15-22,24H2,1-3H3/t30-,31+,32+,38-,39-/m0/s1. The quantitative estimate of drug-likeness (QED) is 0.147. The molecule has 7 rings (SSSR count). The molecule has 248 valence electrons. The van der Waals surface area contributed by atoms with E-state index < -0.39 is 5.97 Å². The summed E-state index contributed by atoms with van der Waals surface area (Å²) in [7, 11) is 0. The number of piperidine rings is 1. The van der Waals surface area contributed by atoms with Crippen molar-refractivity contribution >= 4 is 11.9 Å². The minimum atomic E-state index is -0.424. The molecule has 2 aromatic rings. The largest absolute Gasteiger partial charge is 0.508 e. The molecule has 0 aromatic heterocycles. The highest BCUT2D eigenvalue weighted by Crippen LogP contribution is 2.66. The van der Waals surface area contributed by atoms with E-state index in [1.165, 1.54) is 38.2 Å². The number of hydrogen-bond acceptors (Lipinski definition) is 6. The van der Waals surface area contributed by atoms with Gasteiger partial charge in [0.15, 0.2) is 11.5 Å². The highest BCUT2D eigenvalue weighted by molar-refractivity contribution is 5.77. The molecule has 5 atom stereocenters. The van der Waals surface area contributed by atoms with E-state index in [1.54, 1.807) is 6.07 Å². The fourth-order valence-corrected chi connectivity index (χ4v) is 9.79. The number of carbonyl (C=O) groups is 2. The summed E-state index contributed by atoms with van der Waals surface area (Å²) in [5.74, 6) is 2.15. The molecule has 5 aliphatic rings. The van der Waals surface area contributed by atoms with Gasteiger partial charge in [0, 0.05) is 54.6 Å². The maximum atomic E-state index is 14.1. The zero-order valence-corrected chi connectivity index (χ0v) is 28.0. The minimum absolute atomic E-state index is 0.0544. The summed E-state index contributed by atoms with van der Waals surface area (Å²) >= 11 is 0. The first-order valence-corrected chi connectivity index (χ1v) is 18.1. The Morgan fingerprint density at radius 3 is 2.57 bits per heavy atom. The number of hydrogen-bond donors (Lipinski definition) is 1. The van der Waals surface area contributed by atoms with Crippen molar-refractivity contribution in [2.75, 3.05) is 13.1 Å². The van der Waals surface area contributed by atoms with E-state index in [4.69, 9.17) is 9.47 Å². The van der Waals surface area contributed by atoms with Gasteiger partial charge in [-0.15, -0.1) is 0 Å². The van der Waals surface area contributed by atoms with Gasteiger partial charge in [-0.3, -0.25) is 14.5 Å². The molecule has 0 radical (unpaired) electrons. The molecule has 2 heterocycles. The number of aryl methyl sites for hydroxylation is 1. The first-order valence-electron chi connectivity index (χ1n) is 18.1. The number of benzene rings is 2. The van der Waals surface area contributed by atoms with Gasteiger partial charge in [-0.2, -0.15) is 0 Å². The monoisotopic (exact) mass is 628 g/mol. The molecular formula is C39H52N2O5. The second kappa shape index (κ2) is 12.9. The summed E-state index contributed by atoms with van der Waals surface area (Å²) in [5, 5.41) is 11.4. The molecule has 2 aromatic carbocycles. The Morgan fingerprint density at radius 1 is 1.07 bits per heavy atom. The van der Waals surface area contributed by atoms with Crippen LogP contribution in [0.3, 0.4) is 0 Å². The summed E-state index contributed by atoms with van der Waals surface area (Å²) in [6, 6.07) is 12.6. The van der Waals surface area contributed by atoms with Crippen molar-refractivity contribution in [3.8, 4) is 17.2 Å². The van der Waals surface area contributed by atoms with Crippen LogP contribution in [0, 0.1) is 11.8 Å². The van der Waals surface area contributed by atoms with E-state index in [1.807, 2.05) is 0 Å². The smallest absolute Gasteiger partial charge is 0.308 e. The normalized spacial score (nSPS) is 27.7. The van der Waals surface area contributed by atoms with Crippen molar-refractivity contribution in [1.29, 1.82) is 0 Å². The first kappa shape index (κ1) is 31.5. The van der Waals surface area contributed by atoms with Crippen molar-refractivity contribution in [3.05, 3.63) is 53.1 Å². The molecule has 2 bridgehead atoms. The molecule has 3 aliphatic carbocycles. The average Bonchev–Trinajstić information content (AvgIpc) is 3.78. The molecule has 1 N–H and O–H groups in total. The number of phenols is 1. The van der Waals surface area contributed by atoms with Gasteiger partial charge in [-0.1, -0.05) is 49.6 Å². The molecule has 1 saturated heterocycles. The van der Waals surface area contributed by atoms with Gasteiger partial charge in [-0.25, -0.2) is 0 Å². The fourth-order valence-electron chi connectivity index (χ4n) is 9.79. The van der Waals surface area contributed by atoms with E-state index in [0.29, 0.717) is 29.9 Å². The molecule has 2 saturated carbocycles. The molecule has 1 amide bonds. The van der Waals surface area contributed by atoms with Crippen LogP contribution in [-0.2, 0) is 27.8 Å². The van der Waals surface area contributed by atoms with E-state index in [-0.39, 0.29) is 35.3 Å². The third-order valence-electron chi connectivity index (χ3n) is 11.8. The van der Waals surface area contributed by atoms with Gasteiger partial charge in [0.05, 0.1) is 6.04 Å². The Labute approximate surface area is 274 Å². The average molecular weight is 629 g/mol. The van der Waals surface area contributed by atoms with Crippen molar-refractivity contribution in [2.24, 2.45) is 11.8 Å². The molecule has 1 spiro atoms. The van der Waals surface area contributed by atoms with Crippen molar-refractivity contribution in [1.82, 2.24) is 9.80 Å². The highest BCUT2D eigenvalue weighted by atomic mass is 16.6. The maximum absolute atomic E-state index is 14.1. The summed E-state index contributed by atoms with van der Waals surface area (Å²) < 4.78 is 12.7. The molecule has 0 unspecified atom stereocenters. The summed E-state index contributed by atoms with van der Waals surface area (Å²) in [4.78, 5) is 31.0. The Kier molecular flexibility index (Phi) is 8.81. The van der Waals surface area contributed by atoms with Gasteiger partial charge in [0.1, 0.15) is 11.9 Å². The minimum Gasteiger partial charge on any atom is -0.508 e. The van der Waals surface area contributed by atoms with Crippen LogP contribution in [0.4, 0.5) is 0 Å². The third-order valence-corrected chi connectivity index (χ3v) is 11.8. The number of carbonyl (C=O) groups excluding carboxylic acids is 2. The molecule has 3 fully saturated rings. The zero-order chi connectivity index (χ0) is 32.0. The Bertz CT molecular complexity index is 1440. The van der Waals surface area contributed by atoms with E-state index in [0.717, 1.165) is 81.5 Å². The summed E-state index contributed by atoms with van der Waals surface area (Å²) in [6.45, 7) is 7.81. The zero-order valence-electron chi connectivity index (χ0n) is 28.0. The number of nitrogens with zero attached hydrogens (tertiary/aromatic N) is 2. The van der Waals surface area contributed by atoms with Crippen molar-refractivity contribution in [3.63, 3.8) is 0 Å². The number of esters is 1. The summed E-state index contributed by atoms with van der Waals surface area (Å²) in [5.41, 5.74) is 3.13. The van der Waals surface area contributed by atoms with Crippen LogP contribution in [0.15, 0.2) is 36.4 Å². The number of aromatic hydroxyl groups is 1. The maximum Gasteiger partial charge on any atom is 0.308 e. The van der Waals surface area contributed by atoms with Crippen molar-refractivity contribution < 1.29 is 24.2 Å². The van der Waals surface area contributed by atoms with Crippen LogP contribution in [0.5, 0.6) is 17.2 Å². The predicted octanol–water partition coefficient (Wildman–Crippen LogP) is 6.96. The number of likely N-dealkylation sites (tertiary alicyclic amines) is 1. The second-order valence-corrected chi connectivity index (χ2v) is 15.1. The third kappa shape index (κ3) is 5.71. The second-order valence-electron chi connectivity index (χ2n) is 15.1. The van der Waals surface area contributed by atoms with Crippen LogP contribution in [-0.4, -0.2) is 64.1 Å². The van der Waals surface area contributed by atoms with E-state index in [9.17, 15) is 14.7 Å². The van der Waals surface area contributed by atoms with Crippen molar-refractivity contribution in [2.45, 2.75) is 134 Å². The fraction of sp³-hybridized carbons (Fsp3) is 0.641. The lowest BCUT2D eigenvalue weighted by molar-refractivity contribution is -0.146. The van der Waals surface area contributed by atoms with E-state index >= 15 is 0 Å². The number of ether oxygens (including phenoxy) is 2. The highest BCUT2D eigenvalue weighted by Gasteiger charge is 2.67. The lowest BCUT2D eigenvalue weighted by Crippen LogP contribution is -2.69. The number of phenolic OH excluding ortho intramolecular Hbond substituents is 1. The lowest BCUT2D eigenvalue weighted by Gasteiger charge is -2.61. The first-order chi connectivity index (χ1) is 22.3. The number of rotatable bonds is 13. The Balaban J connectivity index is 1.09. The van der Waals surface area contributed by atoms with E-state index in [2.05, 4.69) is 54.0 Å². The van der Waals surface area contributed by atoms with Crippen LogP contribution in [0.2, 0.25) is 0 Å². The SMILES string of the molecule is CC(=O)Oc1cc(O)c2c3c1O[C@H]1[C@H](N(C(=O)CCCCCCCc4ccccc4)C(C)C)CC[C@H]4[C@@H](C2)N(CC2CC2)CC[C@@]341. The Hall–Kier alpha value is -3.06. The number of unbranched alkanes of at least 4 members (excludes halogenated alkanes) is 4. The molecule has 46 heavy (non-hydrogen) atoms. The molecule has 2 aliphatic heterocycles. The lowest BCUT2D eigenvalue weighted by atomic mass is 9.50. The predicted molar refractivity (Wildman–Crippen MR) is 178 cm³/mol. The van der Waals surface area contributed by atoms with Gasteiger partial charge in [0.2, 0.25) is 5.91 Å². The van der Waals surface area contributed by atoms with Gasteiger partial charge >= 0.3 is 5.97 Å². The topological polar surface area (TPSA) is 79.3 Å². The van der Waals surface area contributed by atoms with Crippen LogP contribution in [0.25, 0.3) is 0 Å². The summed E-state index contributed by atoms with van der Waals surface area (Å²) in [6.07, 6.45) is 13.3. The van der Waals surface area contributed by atoms with Gasteiger partial charge in [-0.05, 0) is 95.6 Å². The van der Waals surface area contributed by atoms with Crippen LogP contribution >= 0.6 is 0 Å². The van der Waals surface area contributed by atoms with Crippen LogP contribution < -0.4 is 9.47 Å². The van der Waals surface area contributed by atoms with Crippen LogP contribution in [0.1, 0.15) is 108 Å². The molecule has 7 heteroatoms. The molecular weight excluding hydrogens is 576 g/mol. The van der Waals surface area contributed by atoms with Gasteiger partial charge < -0.3 is 19.5 Å².